The van der Waals surface area contributed by atoms with Gasteiger partial charge < -0.3 is 5.32 Å². The maximum Gasteiger partial charge on any atom is 0.0585 e. The molecule has 2 aromatic carbocycles. The SMILES string of the molecule is CCCCc1ccc(C(NC)c2cc(Br)ccc2Br)cc1. The minimum atomic E-state index is 0.192. The van der Waals surface area contributed by atoms with E-state index >= 15 is 0 Å². The van der Waals surface area contributed by atoms with E-state index < -0.39 is 0 Å². The van der Waals surface area contributed by atoms with E-state index in [0.29, 0.717) is 0 Å². The topological polar surface area (TPSA) is 12.0 Å². The molecule has 1 atom stereocenters. The van der Waals surface area contributed by atoms with E-state index in [9.17, 15) is 0 Å². The fourth-order valence-electron chi connectivity index (χ4n) is 2.50. The fraction of sp³-hybridized carbons (Fsp3) is 0.333. The Kier molecular flexibility index (Phi) is 6.46. The van der Waals surface area contributed by atoms with E-state index in [-0.39, 0.29) is 6.04 Å². The van der Waals surface area contributed by atoms with Crippen molar-refractivity contribution in [3.05, 3.63) is 68.1 Å². The Morgan fingerprint density at radius 2 is 1.76 bits per heavy atom. The second-order valence-electron chi connectivity index (χ2n) is 5.23. The van der Waals surface area contributed by atoms with Gasteiger partial charge in [0.1, 0.15) is 0 Å². The second-order valence-corrected chi connectivity index (χ2v) is 7.00. The van der Waals surface area contributed by atoms with Crippen molar-refractivity contribution in [2.24, 2.45) is 0 Å². The van der Waals surface area contributed by atoms with Gasteiger partial charge in [-0.3, -0.25) is 0 Å². The van der Waals surface area contributed by atoms with Crippen molar-refractivity contribution in [2.75, 3.05) is 7.05 Å². The average molecular weight is 411 g/mol. The summed E-state index contributed by atoms with van der Waals surface area (Å²) < 4.78 is 2.22. The molecule has 0 spiro atoms. The first-order valence-corrected chi connectivity index (χ1v) is 8.95. The van der Waals surface area contributed by atoms with Gasteiger partial charge in [0.05, 0.1) is 6.04 Å². The van der Waals surface area contributed by atoms with Crippen LogP contribution in [0.25, 0.3) is 0 Å². The molecule has 1 unspecified atom stereocenters. The van der Waals surface area contributed by atoms with Crippen LogP contribution >= 0.6 is 31.9 Å². The highest BCUT2D eigenvalue weighted by Gasteiger charge is 2.15. The zero-order valence-electron chi connectivity index (χ0n) is 12.5. The van der Waals surface area contributed by atoms with Crippen LogP contribution in [-0.4, -0.2) is 7.05 Å². The van der Waals surface area contributed by atoms with Crippen molar-refractivity contribution >= 4 is 31.9 Å². The lowest BCUT2D eigenvalue weighted by atomic mass is 9.97. The number of unbranched alkanes of at least 4 members (excludes halogenated alkanes) is 1. The van der Waals surface area contributed by atoms with Crippen LogP contribution in [-0.2, 0) is 6.42 Å². The lowest BCUT2D eigenvalue weighted by Gasteiger charge is -2.19. The maximum absolute atomic E-state index is 3.66. The second kappa shape index (κ2) is 8.11. The van der Waals surface area contributed by atoms with Crippen molar-refractivity contribution in [3.8, 4) is 0 Å². The Labute approximate surface area is 144 Å². The van der Waals surface area contributed by atoms with Crippen LogP contribution in [0.5, 0.6) is 0 Å². The van der Waals surface area contributed by atoms with Crippen molar-refractivity contribution < 1.29 is 0 Å². The van der Waals surface area contributed by atoms with E-state index in [2.05, 4.69) is 80.5 Å². The van der Waals surface area contributed by atoms with Crippen LogP contribution in [0, 0.1) is 0 Å². The summed E-state index contributed by atoms with van der Waals surface area (Å²) in [4.78, 5) is 0. The third-order valence-corrected chi connectivity index (χ3v) is 4.91. The normalized spacial score (nSPS) is 12.4. The van der Waals surface area contributed by atoms with Gasteiger partial charge in [-0.1, -0.05) is 69.5 Å². The molecule has 0 saturated heterocycles. The highest BCUT2D eigenvalue weighted by molar-refractivity contribution is 9.11. The van der Waals surface area contributed by atoms with E-state index in [1.807, 2.05) is 13.1 Å². The van der Waals surface area contributed by atoms with E-state index in [1.165, 1.54) is 36.0 Å². The molecule has 0 aromatic heterocycles. The van der Waals surface area contributed by atoms with Crippen molar-refractivity contribution in [1.29, 1.82) is 0 Å². The Morgan fingerprint density at radius 1 is 1.05 bits per heavy atom. The number of hydrogen-bond donors (Lipinski definition) is 1. The molecule has 0 aliphatic heterocycles. The predicted molar refractivity (Wildman–Crippen MR) is 97.8 cm³/mol. The molecule has 0 heterocycles. The van der Waals surface area contributed by atoms with Crippen LogP contribution in [0.3, 0.4) is 0 Å². The summed E-state index contributed by atoms with van der Waals surface area (Å²) in [6, 6.07) is 15.5. The Morgan fingerprint density at radius 3 is 2.38 bits per heavy atom. The molecule has 112 valence electrons. The number of benzene rings is 2. The summed E-state index contributed by atoms with van der Waals surface area (Å²) in [5.74, 6) is 0. The molecule has 0 saturated carbocycles. The Balaban J connectivity index is 2.26. The third kappa shape index (κ3) is 4.41. The molecule has 0 fully saturated rings. The molecule has 1 nitrogen and oxygen atoms in total. The summed E-state index contributed by atoms with van der Waals surface area (Å²) in [5.41, 5.74) is 3.95. The fourth-order valence-corrected chi connectivity index (χ4v) is 3.35. The number of halogens is 2. The smallest absolute Gasteiger partial charge is 0.0585 e. The first-order valence-electron chi connectivity index (χ1n) is 7.36. The van der Waals surface area contributed by atoms with Gasteiger partial charge in [-0.15, -0.1) is 0 Å². The predicted octanol–water partition coefficient (Wildman–Crippen LogP) is 5.86. The molecule has 0 radical (unpaired) electrons. The Hall–Kier alpha value is -0.640. The minimum absolute atomic E-state index is 0.192. The molecule has 3 heteroatoms. The first-order chi connectivity index (χ1) is 10.2. The zero-order chi connectivity index (χ0) is 15.2. The van der Waals surface area contributed by atoms with Crippen LogP contribution in [0.4, 0.5) is 0 Å². The average Bonchev–Trinajstić information content (AvgIpc) is 2.50. The molecule has 0 aliphatic rings. The number of rotatable bonds is 6. The maximum atomic E-state index is 3.66. The summed E-state index contributed by atoms with van der Waals surface area (Å²) in [6.45, 7) is 2.23. The highest BCUT2D eigenvalue weighted by Crippen LogP contribution is 2.31. The van der Waals surface area contributed by atoms with Crippen LogP contribution in [0.1, 0.15) is 42.5 Å². The lowest BCUT2D eigenvalue weighted by Crippen LogP contribution is -2.18. The molecule has 0 aliphatic carbocycles. The summed E-state index contributed by atoms with van der Waals surface area (Å²) in [7, 11) is 2.00. The van der Waals surface area contributed by atoms with Crippen LogP contribution in [0.2, 0.25) is 0 Å². The van der Waals surface area contributed by atoms with Gasteiger partial charge in [-0.05, 0) is 54.8 Å². The van der Waals surface area contributed by atoms with Crippen LogP contribution in [0.15, 0.2) is 51.4 Å². The van der Waals surface area contributed by atoms with Crippen molar-refractivity contribution in [2.45, 2.75) is 32.2 Å². The minimum Gasteiger partial charge on any atom is -0.309 e. The molecule has 0 bridgehead atoms. The van der Waals surface area contributed by atoms with Gasteiger partial charge >= 0.3 is 0 Å². The third-order valence-electron chi connectivity index (χ3n) is 3.69. The molecule has 2 rings (SSSR count). The van der Waals surface area contributed by atoms with E-state index in [0.717, 1.165) is 8.95 Å². The van der Waals surface area contributed by atoms with E-state index in [1.54, 1.807) is 0 Å². The van der Waals surface area contributed by atoms with Gasteiger partial charge in [-0.2, -0.15) is 0 Å². The van der Waals surface area contributed by atoms with Gasteiger partial charge in [-0.25, -0.2) is 0 Å². The molecular formula is C18H21Br2N. The first kappa shape index (κ1) is 16.7. The number of hydrogen-bond acceptors (Lipinski definition) is 1. The number of aryl methyl sites for hydroxylation is 1. The summed E-state index contributed by atoms with van der Waals surface area (Å²) >= 11 is 7.21. The summed E-state index contributed by atoms with van der Waals surface area (Å²) in [5, 5.41) is 3.41. The largest absolute Gasteiger partial charge is 0.309 e. The van der Waals surface area contributed by atoms with Crippen LogP contribution < -0.4 is 5.32 Å². The molecular weight excluding hydrogens is 390 g/mol. The summed E-state index contributed by atoms with van der Waals surface area (Å²) in [6.07, 6.45) is 3.67. The molecule has 21 heavy (non-hydrogen) atoms. The van der Waals surface area contributed by atoms with Crippen molar-refractivity contribution in [1.82, 2.24) is 5.32 Å². The zero-order valence-corrected chi connectivity index (χ0v) is 15.7. The quantitative estimate of drug-likeness (QED) is 0.628. The van der Waals surface area contributed by atoms with Gasteiger partial charge in [0.25, 0.3) is 0 Å². The standard InChI is InChI=1S/C18H21Br2N/c1-3-4-5-13-6-8-14(9-7-13)18(21-2)16-12-15(19)10-11-17(16)20/h6-12,18,21H,3-5H2,1-2H3. The highest BCUT2D eigenvalue weighted by atomic mass is 79.9. The molecule has 0 amide bonds. The van der Waals surface area contributed by atoms with Crippen molar-refractivity contribution in [3.63, 3.8) is 0 Å². The van der Waals surface area contributed by atoms with Gasteiger partial charge in [0.2, 0.25) is 0 Å². The monoisotopic (exact) mass is 409 g/mol. The number of nitrogens with one attached hydrogen (secondary N) is 1. The van der Waals surface area contributed by atoms with E-state index in [4.69, 9.17) is 0 Å². The Bertz CT molecular complexity index is 578. The molecule has 2 aromatic rings. The molecule has 1 N–H and O–H groups in total. The van der Waals surface area contributed by atoms with Gasteiger partial charge in [0, 0.05) is 8.95 Å². The van der Waals surface area contributed by atoms with Gasteiger partial charge in [0.15, 0.2) is 0 Å². The lowest BCUT2D eigenvalue weighted by molar-refractivity contribution is 0.687.